The van der Waals surface area contributed by atoms with Crippen LogP contribution in [0.3, 0.4) is 0 Å². The van der Waals surface area contributed by atoms with Gasteiger partial charge in [-0.25, -0.2) is 4.39 Å². The molecule has 0 aliphatic rings. The van der Waals surface area contributed by atoms with Crippen LogP contribution in [0.25, 0.3) is 10.2 Å². The van der Waals surface area contributed by atoms with E-state index >= 15 is 0 Å². The molecule has 1 N–H and O–H groups in total. The second kappa shape index (κ2) is 3.28. The second-order valence-electron chi connectivity index (χ2n) is 2.81. The first-order chi connectivity index (χ1) is 6.72. The van der Waals surface area contributed by atoms with Gasteiger partial charge >= 0.3 is 0 Å². The molecule has 2 nitrogen and oxygen atoms in total. The van der Waals surface area contributed by atoms with E-state index in [4.69, 9.17) is 11.8 Å². The lowest BCUT2D eigenvalue weighted by atomic mass is 10.3. The first-order valence-corrected chi connectivity index (χ1v) is 4.81. The van der Waals surface area contributed by atoms with Gasteiger partial charge in [-0.1, -0.05) is 17.3 Å². The van der Waals surface area contributed by atoms with Gasteiger partial charge in [0.1, 0.15) is 5.82 Å². The number of fused-ring (bicyclic) bond motifs is 1. The Labute approximate surface area is 84.1 Å². The van der Waals surface area contributed by atoms with E-state index in [-0.39, 0.29) is 5.82 Å². The molecule has 14 heavy (non-hydrogen) atoms. The highest BCUT2D eigenvalue weighted by atomic mass is 32.1. The summed E-state index contributed by atoms with van der Waals surface area (Å²) < 4.78 is 15.3. The van der Waals surface area contributed by atoms with Gasteiger partial charge in [-0.05, 0) is 18.2 Å². The standard InChI is InChI=1S/C10H7FN2S/c1-2-5-13-8-4-3-7(11)6-9(8)14-10(13)12/h1,3-4,6,12H,5H2. The molecule has 0 fully saturated rings. The molecule has 0 radical (unpaired) electrons. The lowest BCUT2D eigenvalue weighted by Gasteiger charge is -1.97. The van der Waals surface area contributed by atoms with Crippen LogP contribution >= 0.6 is 11.3 Å². The molecule has 0 amide bonds. The minimum atomic E-state index is -0.286. The highest BCUT2D eigenvalue weighted by Crippen LogP contribution is 2.17. The smallest absolute Gasteiger partial charge is 0.183 e. The minimum absolute atomic E-state index is 0.286. The summed E-state index contributed by atoms with van der Waals surface area (Å²) in [6.45, 7) is 0.352. The minimum Gasteiger partial charge on any atom is -0.305 e. The number of benzene rings is 1. The predicted octanol–water partition coefficient (Wildman–Crippen LogP) is 1.95. The van der Waals surface area contributed by atoms with Gasteiger partial charge in [-0.3, -0.25) is 5.41 Å². The molecule has 0 unspecified atom stereocenters. The maximum absolute atomic E-state index is 12.9. The highest BCUT2D eigenvalue weighted by Gasteiger charge is 2.04. The molecular formula is C10H7FN2S. The molecular weight excluding hydrogens is 199 g/mol. The van der Waals surface area contributed by atoms with Crippen molar-refractivity contribution in [3.8, 4) is 12.3 Å². The Bertz CT molecular complexity index is 574. The Balaban J connectivity index is 2.79. The van der Waals surface area contributed by atoms with Gasteiger partial charge < -0.3 is 4.57 Å². The number of thiazole rings is 1. The summed E-state index contributed by atoms with van der Waals surface area (Å²) in [7, 11) is 0. The van der Waals surface area contributed by atoms with Crippen LogP contribution in [0.2, 0.25) is 0 Å². The van der Waals surface area contributed by atoms with Gasteiger partial charge in [-0.2, -0.15) is 0 Å². The zero-order valence-corrected chi connectivity index (χ0v) is 8.07. The third kappa shape index (κ3) is 1.32. The summed E-state index contributed by atoms with van der Waals surface area (Å²) in [6.07, 6.45) is 5.19. The maximum atomic E-state index is 12.9. The van der Waals surface area contributed by atoms with Crippen molar-refractivity contribution in [1.29, 1.82) is 5.41 Å². The number of aromatic nitrogens is 1. The van der Waals surface area contributed by atoms with E-state index in [1.807, 2.05) is 0 Å². The molecule has 4 heteroatoms. The van der Waals surface area contributed by atoms with E-state index < -0.39 is 0 Å². The Kier molecular flexibility index (Phi) is 2.10. The number of nitrogens with zero attached hydrogens (tertiary/aromatic N) is 1. The number of rotatable bonds is 1. The third-order valence-corrected chi connectivity index (χ3v) is 2.87. The molecule has 70 valence electrons. The van der Waals surface area contributed by atoms with Crippen LogP contribution < -0.4 is 4.80 Å². The molecule has 1 aromatic heterocycles. The van der Waals surface area contributed by atoms with Crippen LogP contribution in [-0.2, 0) is 6.54 Å². The van der Waals surface area contributed by atoms with Crippen LogP contribution in [0.15, 0.2) is 18.2 Å². The summed E-state index contributed by atoms with van der Waals surface area (Å²) in [5.41, 5.74) is 0.819. The van der Waals surface area contributed by atoms with E-state index in [1.165, 1.54) is 23.5 Å². The van der Waals surface area contributed by atoms with E-state index in [1.54, 1.807) is 10.6 Å². The van der Waals surface area contributed by atoms with Crippen LogP contribution in [0.5, 0.6) is 0 Å². The zero-order valence-electron chi connectivity index (χ0n) is 7.25. The summed E-state index contributed by atoms with van der Waals surface area (Å²) in [4.78, 5) is 0.351. The average molecular weight is 206 g/mol. The summed E-state index contributed by atoms with van der Waals surface area (Å²) in [5.74, 6) is 2.19. The number of hydrogen-bond donors (Lipinski definition) is 1. The van der Waals surface area contributed by atoms with Crippen LogP contribution in [0.4, 0.5) is 4.39 Å². The molecule has 0 saturated heterocycles. The molecule has 0 bridgehead atoms. The molecule has 1 aromatic carbocycles. The third-order valence-electron chi connectivity index (χ3n) is 1.91. The van der Waals surface area contributed by atoms with Gasteiger partial charge in [0.25, 0.3) is 0 Å². The fourth-order valence-corrected chi connectivity index (χ4v) is 2.25. The van der Waals surface area contributed by atoms with Crippen molar-refractivity contribution in [3.05, 3.63) is 28.8 Å². The van der Waals surface area contributed by atoms with Gasteiger partial charge in [0.15, 0.2) is 4.80 Å². The normalized spacial score (nSPS) is 10.3. The molecule has 2 rings (SSSR count). The molecule has 1 heterocycles. The van der Waals surface area contributed by atoms with Crippen molar-refractivity contribution in [2.24, 2.45) is 0 Å². The molecule has 0 spiro atoms. The first-order valence-electron chi connectivity index (χ1n) is 3.99. The van der Waals surface area contributed by atoms with Gasteiger partial charge in [-0.15, -0.1) is 6.42 Å². The zero-order chi connectivity index (χ0) is 10.1. The average Bonchev–Trinajstić information content (AvgIpc) is 2.43. The van der Waals surface area contributed by atoms with Crippen molar-refractivity contribution in [3.63, 3.8) is 0 Å². The number of hydrogen-bond acceptors (Lipinski definition) is 2. The lowest BCUT2D eigenvalue weighted by molar-refractivity contribution is 0.629. The van der Waals surface area contributed by atoms with Crippen LogP contribution in [0, 0.1) is 23.6 Å². The monoisotopic (exact) mass is 206 g/mol. The quantitative estimate of drug-likeness (QED) is 0.691. The van der Waals surface area contributed by atoms with Gasteiger partial charge in [0, 0.05) is 0 Å². The molecule has 0 aliphatic heterocycles. The SMILES string of the molecule is C#CCn1c(=N)sc2cc(F)ccc21. The highest BCUT2D eigenvalue weighted by molar-refractivity contribution is 7.16. The fourth-order valence-electron chi connectivity index (χ4n) is 1.31. The van der Waals surface area contributed by atoms with Gasteiger partial charge in [0.05, 0.1) is 16.8 Å². The molecule has 0 saturated carbocycles. The van der Waals surface area contributed by atoms with Crippen molar-refractivity contribution in [1.82, 2.24) is 4.57 Å². The molecule has 2 aromatic rings. The van der Waals surface area contributed by atoms with E-state index in [2.05, 4.69) is 5.92 Å². The van der Waals surface area contributed by atoms with E-state index in [9.17, 15) is 4.39 Å². The Morgan fingerprint density at radius 3 is 3.07 bits per heavy atom. The Hall–Kier alpha value is -1.60. The topological polar surface area (TPSA) is 28.8 Å². The summed E-state index contributed by atoms with van der Waals surface area (Å²) in [6, 6.07) is 4.45. The summed E-state index contributed by atoms with van der Waals surface area (Å²) in [5, 5.41) is 7.64. The Morgan fingerprint density at radius 1 is 1.57 bits per heavy atom. The van der Waals surface area contributed by atoms with E-state index in [0.717, 1.165) is 10.2 Å². The lowest BCUT2D eigenvalue weighted by Crippen LogP contribution is -2.11. The van der Waals surface area contributed by atoms with Crippen molar-refractivity contribution < 1.29 is 4.39 Å². The van der Waals surface area contributed by atoms with Crippen molar-refractivity contribution in [2.45, 2.75) is 6.54 Å². The van der Waals surface area contributed by atoms with Crippen molar-refractivity contribution in [2.75, 3.05) is 0 Å². The molecule has 0 atom stereocenters. The maximum Gasteiger partial charge on any atom is 0.183 e. The Morgan fingerprint density at radius 2 is 2.36 bits per heavy atom. The number of halogens is 1. The number of nitrogens with one attached hydrogen (secondary N) is 1. The first kappa shape index (κ1) is 8.97. The summed E-state index contributed by atoms with van der Waals surface area (Å²) >= 11 is 1.23. The molecule has 0 aliphatic carbocycles. The second-order valence-corrected chi connectivity index (χ2v) is 3.84. The van der Waals surface area contributed by atoms with Gasteiger partial charge in [0.2, 0.25) is 0 Å². The number of terminal acetylenes is 1. The van der Waals surface area contributed by atoms with Crippen LogP contribution in [0.1, 0.15) is 0 Å². The predicted molar refractivity (Wildman–Crippen MR) is 54.5 cm³/mol. The largest absolute Gasteiger partial charge is 0.305 e. The van der Waals surface area contributed by atoms with Crippen LogP contribution in [-0.4, -0.2) is 4.57 Å². The van der Waals surface area contributed by atoms with E-state index in [0.29, 0.717) is 11.3 Å². The van der Waals surface area contributed by atoms with Crippen molar-refractivity contribution >= 4 is 21.6 Å². The fraction of sp³-hybridized carbons (Fsp3) is 0.100.